The highest BCUT2D eigenvalue weighted by molar-refractivity contribution is 4.89. The molecule has 3 aliphatic rings. The van der Waals surface area contributed by atoms with Crippen molar-refractivity contribution in [3.8, 4) is 0 Å². The van der Waals surface area contributed by atoms with E-state index in [1.807, 2.05) is 0 Å². The van der Waals surface area contributed by atoms with E-state index < -0.39 is 0 Å². The van der Waals surface area contributed by atoms with Gasteiger partial charge < -0.3 is 20.4 Å². The van der Waals surface area contributed by atoms with Gasteiger partial charge in [-0.25, -0.2) is 0 Å². The molecule has 0 aromatic carbocycles. The van der Waals surface area contributed by atoms with Gasteiger partial charge in [-0.3, -0.25) is 0 Å². The molecule has 0 bridgehead atoms. The Labute approximate surface area is 124 Å². The highest BCUT2D eigenvalue weighted by atomic mass is 15.2. The summed E-state index contributed by atoms with van der Waals surface area (Å²) in [5.41, 5.74) is 5.98. The Morgan fingerprint density at radius 3 is 2.40 bits per heavy atom. The summed E-state index contributed by atoms with van der Waals surface area (Å²) in [5.74, 6) is 0.928. The average Bonchev–Trinajstić information content (AvgIpc) is 2.47. The number of nitrogens with two attached hydrogens (primary N) is 1. The monoisotopic (exact) mass is 280 g/mol. The smallest absolute Gasteiger partial charge is 0.0145 e. The second-order valence-electron chi connectivity index (χ2n) is 7.22. The van der Waals surface area contributed by atoms with Crippen molar-refractivity contribution in [3.05, 3.63) is 0 Å². The van der Waals surface area contributed by atoms with Crippen LogP contribution in [0.4, 0.5) is 0 Å². The van der Waals surface area contributed by atoms with E-state index in [1.54, 1.807) is 0 Å². The average molecular weight is 280 g/mol. The Balaban J connectivity index is 1.41. The summed E-state index contributed by atoms with van der Waals surface area (Å²) in [6, 6.07) is 1.33. The maximum Gasteiger partial charge on any atom is 0.0145 e. The lowest BCUT2D eigenvalue weighted by Gasteiger charge is -2.46. The summed E-state index contributed by atoms with van der Waals surface area (Å²) >= 11 is 0. The molecule has 0 saturated carbocycles. The number of piperidine rings is 3. The summed E-state index contributed by atoms with van der Waals surface area (Å²) in [7, 11) is 2.32. The summed E-state index contributed by atoms with van der Waals surface area (Å²) in [6.45, 7) is 8.89. The number of nitrogens with zero attached hydrogens (tertiary/aromatic N) is 3. The van der Waals surface area contributed by atoms with Gasteiger partial charge in [-0.15, -0.1) is 0 Å². The van der Waals surface area contributed by atoms with Gasteiger partial charge in [0.05, 0.1) is 0 Å². The molecule has 0 radical (unpaired) electrons. The van der Waals surface area contributed by atoms with Gasteiger partial charge in [-0.05, 0) is 71.2 Å². The zero-order valence-corrected chi connectivity index (χ0v) is 13.1. The molecule has 3 heterocycles. The van der Waals surface area contributed by atoms with Crippen molar-refractivity contribution in [1.29, 1.82) is 0 Å². The van der Waals surface area contributed by atoms with Crippen LogP contribution in [-0.2, 0) is 0 Å². The number of likely N-dealkylation sites (tertiary alicyclic amines) is 3. The molecule has 0 aliphatic carbocycles. The third-order valence-corrected chi connectivity index (χ3v) is 5.79. The number of fused-ring (bicyclic) bond motifs is 1. The van der Waals surface area contributed by atoms with Crippen LogP contribution in [0.2, 0.25) is 0 Å². The molecular formula is C16H32N4. The Bertz CT molecular complexity index is 301. The molecule has 20 heavy (non-hydrogen) atoms. The first-order valence-electron chi connectivity index (χ1n) is 8.63. The largest absolute Gasteiger partial charge is 0.328 e. The summed E-state index contributed by atoms with van der Waals surface area (Å²) in [5, 5.41) is 0. The molecule has 2 N–H and O–H groups in total. The lowest BCUT2D eigenvalue weighted by atomic mass is 9.84. The van der Waals surface area contributed by atoms with E-state index in [1.165, 1.54) is 77.9 Å². The summed E-state index contributed by atoms with van der Waals surface area (Å²) in [4.78, 5) is 7.94. The predicted molar refractivity (Wildman–Crippen MR) is 83.8 cm³/mol. The van der Waals surface area contributed by atoms with Crippen molar-refractivity contribution in [2.24, 2.45) is 11.7 Å². The van der Waals surface area contributed by atoms with Gasteiger partial charge >= 0.3 is 0 Å². The van der Waals surface area contributed by atoms with E-state index in [9.17, 15) is 0 Å². The molecule has 0 spiro atoms. The fourth-order valence-corrected chi connectivity index (χ4v) is 4.39. The van der Waals surface area contributed by atoms with E-state index in [-0.39, 0.29) is 0 Å². The molecular weight excluding hydrogens is 248 g/mol. The van der Waals surface area contributed by atoms with Gasteiger partial charge in [0.15, 0.2) is 0 Å². The van der Waals surface area contributed by atoms with Crippen LogP contribution in [0.5, 0.6) is 0 Å². The molecule has 4 nitrogen and oxygen atoms in total. The third kappa shape index (κ3) is 3.53. The SMILES string of the molecule is CN1CCCC2CN(CCN3CCC(N)CC3)CCC21. The van der Waals surface area contributed by atoms with E-state index in [4.69, 9.17) is 5.73 Å². The van der Waals surface area contributed by atoms with E-state index in [0.29, 0.717) is 6.04 Å². The second kappa shape index (κ2) is 6.73. The molecule has 0 amide bonds. The highest BCUT2D eigenvalue weighted by Gasteiger charge is 2.34. The minimum Gasteiger partial charge on any atom is -0.328 e. The number of hydrogen-bond acceptors (Lipinski definition) is 4. The molecule has 3 saturated heterocycles. The molecule has 2 unspecified atom stereocenters. The minimum absolute atomic E-state index is 0.458. The van der Waals surface area contributed by atoms with Gasteiger partial charge in [0.25, 0.3) is 0 Å². The van der Waals surface area contributed by atoms with Crippen LogP contribution in [0.1, 0.15) is 32.1 Å². The van der Waals surface area contributed by atoms with Crippen LogP contribution in [0.25, 0.3) is 0 Å². The van der Waals surface area contributed by atoms with Crippen molar-refractivity contribution in [1.82, 2.24) is 14.7 Å². The zero-order chi connectivity index (χ0) is 13.9. The van der Waals surface area contributed by atoms with Gasteiger partial charge in [-0.1, -0.05) is 0 Å². The molecule has 3 aliphatic heterocycles. The molecule has 3 fully saturated rings. The Hall–Kier alpha value is -0.160. The quantitative estimate of drug-likeness (QED) is 0.830. The molecule has 0 aromatic rings. The van der Waals surface area contributed by atoms with Crippen LogP contribution in [-0.4, -0.2) is 79.6 Å². The van der Waals surface area contributed by atoms with Crippen LogP contribution in [0, 0.1) is 5.92 Å². The molecule has 116 valence electrons. The summed E-state index contributed by atoms with van der Waals surface area (Å²) in [6.07, 6.45) is 6.61. The lowest BCUT2D eigenvalue weighted by Crippen LogP contribution is -2.53. The van der Waals surface area contributed by atoms with Crippen LogP contribution < -0.4 is 5.73 Å². The molecule has 3 rings (SSSR count). The maximum absolute atomic E-state index is 5.98. The maximum atomic E-state index is 5.98. The Kier molecular flexibility index (Phi) is 4.97. The van der Waals surface area contributed by atoms with Crippen LogP contribution >= 0.6 is 0 Å². The fraction of sp³-hybridized carbons (Fsp3) is 1.00. The lowest BCUT2D eigenvalue weighted by molar-refractivity contribution is 0.0336. The van der Waals surface area contributed by atoms with Crippen molar-refractivity contribution in [3.63, 3.8) is 0 Å². The van der Waals surface area contributed by atoms with Gasteiger partial charge in [0.2, 0.25) is 0 Å². The predicted octanol–water partition coefficient (Wildman–Crippen LogP) is 0.826. The first-order chi connectivity index (χ1) is 9.72. The van der Waals surface area contributed by atoms with Gasteiger partial charge in [-0.2, -0.15) is 0 Å². The van der Waals surface area contributed by atoms with E-state index >= 15 is 0 Å². The van der Waals surface area contributed by atoms with Gasteiger partial charge in [0, 0.05) is 31.7 Å². The van der Waals surface area contributed by atoms with Crippen molar-refractivity contribution >= 4 is 0 Å². The van der Waals surface area contributed by atoms with Gasteiger partial charge in [0.1, 0.15) is 0 Å². The highest BCUT2D eigenvalue weighted by Crippen LogP contribution is 2.29. The zero-order valence-electron chi connectivity index (χ0n) is 13.1. The topological polar surface area (TPSA) is 35.7 Å². The fourth-order valence-electron chi connectivity index (χ4n) is 4.39. The van der Waals surface area contributed by atoms with Crippen molar-refractivity contribution < 1.29 is 0 Å². The Morgan fingerprint density at radius 1 is 0.900 bits per heavy atom. The third-order valence-electron chi connectivity index (χ3n) is 5.79. The Morgan fingerprint density at radius 2 is 1.60 bits per heavy atom. The normalized spacial score (nSPS) is 35.1. The van der Waals surface area contributed by atoms with Crippen molar-refractivity contribution in [2.75, 3.05) is 52.9 Å². The van der Waals surface area contributed by atoms with E-state index in [2.05, 4.69) is 21.7 Å². The number of rotatable bonds is 3. The minimum atomic E-state index is 0.458. The van der Waals surface area contributed by atoms with Crippen LogP contribution in [0.3, 0.4) is 0 Å². The number of hydrogen-bond donors (Lipinski definition) is 1. The molecule has 4 heteroatoms. The standard InChI is InChI=1S/C16H32N4/c1-18-7-2-3-14-13-20(10-6-16(14)18)12-11-19-8-4-15(17)5-9-19/h14-16H,2-13,17H2,1H3. The van der Waals surface area contributed by atoms with Crippen molar-refractivity contribution in [2.45, 2.75) is 44.2 Å². The molecule has 2 atom stereocenters. The van der Waals surface area contributed by atoms with E-state index in [0.717, 1.165) is 12.0 Å². The van der Waals surface area contributed by atoms with Crippen LogP contribution in [0.15, 0.2) is 0 Å². The molecule has 0 aromatic heterocycles. The summed E-state index contributed by atoms with van der Waals surface area (Å²) < 4.78 is 0. The first-order valence-corrected chi connectivity index (χ1v) is 8.63. The first kappa shape index (κ1) is 14.8. The second-order valence-corrected chi connectivity index (χ2v) is 7.22.